The zero-order valence-corrected chi connectivity index (χ0v) is 13.0. The van der Waals surface area contributed by atoms with Crippen molar-refractivity contribution in [2.24, 2.45) is 5.41 Å². The lowest BCUT2D eigenvalue weighted by Crippen LogP contribution is -2.55. The molecule has 1 aromatic carbocycles. The molecule has 0 aromatic heterocycles. The molecular formula is C17H23FN2O2. The molecule has 2 fully saturated rings. The van der Waals surface area contributed by atoms with Crippen molar-refractivity contribution in [2.75, 3.05) is 26.3 Å². The SMILES string of the molecule is CC1(C(=O)NC2CCN(Cc3ccc(F)cc3)CC2)COC1. The Labute approximate surface area is 130 Å². The number of amides is 1. The topological polar surface area (TPSA) is 41.6 Å². The average Bonchev–Trinajstić information content (AvgIpc) is 2.49. The summed E-state index contributed by atoms with van der Waals surface area (Å²) in [6, 6.07) is 6.93. The number of carbonyl (C=O) groups excluding carboxylic acids is 1. The second-order valence-electron chi connectivity index (χ2n) is 6.70. The number of nitrogens with one attached hydrogen (secondary N) is 1. The van der Waals surface area contributed by atoms with Gasteiger partial charge in [-0.05, 0) is 37.5 Å². The minimum atomic E-state index is -0.328. The smallest absolute Gasteiger partial charge is 0.230 e. The first-order valence-electron chi connectivity index (χ1n) is 7.91. The molecule has 1 aromatic rings. The summed E-state index contributed by atoms with van der Waals surface area (Å²) in [7, 11) is 0. The summed E-state index contributed by atoms with van der Waals surface area (Å²) in [5.74, 6) is -0.0747. The van der Waals surface area contributed by atoms with Crippen LogP contribution >= 0.6 is 0 Å². The minimum absolute atomic E-state index is 0.121. The maximum Gasteiger partial charge on any atom is 0.230 e. The van der Waals surface area contributed by atoms with Crippen LogP contribution in [0.2, 0.25) is 0 Å². The van der Waals surface area contributed by atoms with Crippen molar-refractivity contribution in [3.8, 4) is 0 Å². The van der Waals surface area contributed by atoms with Gasteiger partial charge in [0.2, 0.25) is 5.91 Å². The fourth-order valence-electron chi connectivity index (χ4n) is 2.98. The lowest BCUT2D eigenvalue weighted by molar-refractivity contribution is -0.158. The minimum Gasteiger partial charge on any atom is -0.379 e. The maximum absolute atomic E-state index is 12.9. The van der Waals surface area contributed by atoms with Gasteiger partial charge in [-0.2, -0.15) is 0 Å². The normalized spacial score (nSPS) is 22.1. The third-order valence-electron chi connectivity index (χ3n) is 4.63. The summed E-state index contributed by atoms with van der Waals surface area (Å²) in [4.78, 5) is 14.5. The summed E-state index contributed by atoms with van der Waals surface area (Å²) in [6.07, 6.45) is 1.92. The van der Waals surface area contributed by atoms with Crippen LogP contribution in [0.5, 0.6) is 0 Å². The number of piperidine rings is 1. The Morgan fingerprint density at radius 1 is 1.32 bits per heavy atom. The van der Waals surface area contributed by atoms with E-state index in [0.29, 0.717) is 13.2 Å². The molecule has 120 valence electrons. The highest BCUT2D eigenvalue weighted by molar-refractivity contribution is 5.83. The molecule has 0 saturated carbocycles. The van der Waals surface area contributed by atoms with Crippen LogP contribution in [0.25, 0.3) is 0 Å². The van der Waals surface area contributed by atoms with Crippen LogP contribution < -0.4 is 5.32 Å². The third kappa shape index (κ3) is 3.47. The van der Waals surface area contributed by atoms with Crippen molar-refractivity contribution in [2.45, 2.75) is 32.4 Å². The molecule has 22 heavy (non-hydrogen) atoms. The fourth-order valence-corrected chi connectivity index (χ4v) is 2.98. The predicted molar refractivity (Wildman–Crippen MR) is 81.8 cm³/mol. The van der Waals surface area contributed by atoms with Gasteiger partial charge in [0.15, 0.2) is 0 Å². The lowest BCUT2D eigenvalue weighted by atomic mass is 9.87. The second-order valence-corrected chi connectivity index (χ2v) is 6.70. The van der Waals surface area contributed by atoms with Crippen molar-refractivity contribution in [3.05, 3.63) is 35.6 Å². The first-order chi connectivity index (χ1) is 10.5. The Morgan fingerprint density at radius 2 is 1.95 bits per heavy atom. The van der Waals surface area contributed by atoms with Crippen LogP contribution in [-0.4, -0.2) is 43.2 Å². The zero-order chi connectivity index (χ0) is 15.6. The monoisotopic (exact) mass is 306 g/mol. The molecule has 0 radical (unpaired) electrons. The molecule has 4 nitrogen and oxygen atoms in total. The van der Waals surface area contributed by atoms with Crippen LogP contribution in [0.1, 0.15) is 25.3 Å². The molecule has 0 spiro atoms. The number of ether oxygens (including phenoxy) is 1. The number of rotatable bonds is 4. The van der Waals surface area contributed by atoms with E-state index in [1.807, 2.05) is 19.1 Å². The molecule has 2 heterocycles. The molecule has 1 amide bonds. The Hall–Kier alpha value is -1.46. The first-order valence-corrected chi connectivity index (χ1v) is 7.91. The van der Waals surface area contributed by atoms with Crippen LogP contribution in [0.4, 0.5) is 4.39 Å². The summed E-state index contributed by atoms with van der Waals surface area (Å²) in [6.45, 7) is 5.76. The van der Waals surface area contributed by atoms with E-state index in [-0.39, 0.29) is 23.2 Å². The lowest BCUT2D eigenvalue weighted by Gasteiger charge is -2.39. The summed E-state index contributed by atoms with van der Waals surface area (Å²) in [5, 5.41) is 3.16. The van der Waals surface area contributed by atoms with Gasteiger partial charge in [-0.3, -0.25) is 9.69 Å². The van der Waals surface area contributed by atoms with Gasteiger partial charge >= 0.3 is 0 Å². The van der Waals surface area contributed by atoms with E-state index in [4.69, 9.17) is 4.74 Å². The molecule has 1 N–H and O–H groups in total. The highest BCUT2D eigenvalue weighted by atomic mass is 19.1. The maximum atomic E-state index is 12.9. The van der Waals surface area contributed by atoms with E-state index in [1.54, 1.807) is 0 Å². The number of carbonyl (C=O) groups is 1. The van der Waals surface area contributed by atoms with Crippen molar-refractivity contribution < 1.29 is 13.9 Å². The highest BCUT2D eigenvalue weighted by Gasteiger charge is 2.41. The van der Waals surface area contributed by atoms with Gasteiger partial charge < -0.3 is 10.1 Å². The third-order valence-corrected chi connectivity index (χ3v) is 4.63. The quantitative estimate of drug-likeness (QED) is 0.924. The van der Waals surface area contributed by atoms with E-state index < -0.39 is 0 Å². The Morgan fingerprint density at radius 3 is 2.50 bits per heavy atom. The van der Waals surface area contributed by atoms with Crippen LogP contribution in [0, 0.1) is 11.2 Å². The molecule has 3 rings (SSSR count). The Kier molecular flexibility index (Phi) is 4.45. The summed E-state index contributed by atoms with van der Waals surface area (Å²) in [5.41, 5.74) is 0.800. The first kappa shape index (κ1) is 15.4. The number of hydrogen-bond acceptors (Lipinski definition) is 3. The molecule has 2 aliphatic rings. The van der Waals surface area contributed by atoms with Crippen molar-refractivity contribution >= 4 is 5.91 Å². The van der Waals surface area contributed by atoms with Gasteiger partial charge in [0.25, 0.3) is 0 Å². The fraction of sp³-hybridized carbons (Fsp3) is 0.588. The van der Waals surface area contributed by atoms with E-state index in [9.17, 15) is 9.18 Å². The van der Waals surface area contributed by atoms with Crippen molar-refractivity contribution in [3.63, 3.8) is 0 Å². The summed E-state index contributed by atoms with van der Waals surface area (Å²) < 4.78 is 18.0. The van der Waals surface area contributed by atoms with Gasteiger partial charge in [-0.15, -0.1) is 0 Å². The van der Waals surface area contributed by atoms with E-state index in [1.165, 1.54) is 12.1 Å². The molecule has 2 saturated heterocycles. The number of halogens is 1. The molecular weight excluding hydrogens is 283 g/mol. The van der Waals surface area contributed by atoms with Crippen molar-refractivity contribution in [1.29, 1.82) is 0 Å². The van der Waals surface area contributed by atoms with Crippen LogP contribution in [-0.2, 0) is 16.1 Å². The van der Waals surface area contributed by atoms with Gasteiger partial charge in [0, 0.05) is 25.7 Å². The van der Waals surface area contributed by atoms with Gasteiger partial charge in [0.05, 0.1) is 18.6 Å². The van der Waals surface area contributed by atoms with Gasteiger partial charge in [-0.1, -0.05) is 12.1 Å². The molecule has 0 bridgehead atoms. The van der Waals surface area contributed by atoms with E-state index >= 15 is 0 Å². The van der Waals surface area contributed by atoms with Crippen LogP contribution in [0.15, 0.2) is 24.3 Å². The molecule has 2 aliphatic heterocycles. The Balaban J connectivity index is 1.44. The second kappa shape index (κ2) is 6.34. The number of benzene rings is 1. The molecule has 0 atom stereocenters. The molecule has 0 aliphatic carbocycles. The predicted octanol–water partition coefficient (Wildman–Crippen LogP) is 1.94. The number of nitrogens with zero attached hydrogens (tertiary/aromatic N) is 1. The Bertz CT molecular complexity index is 520. The average molecular weight is 306 g/mol. The summed E-state index contributed by atoms with van der Waals surface area (Å²) >= 11 is 0. The van der Waals surface area contributed by atoms with Gasteiger partial charge in [-0.25, -0.2) is 4.39 Å². The molecule has 5 heteroatoms. The standard InChI is InChI=1S/C17H23FN2O2/c1-17(11-22-12-17)16(21)19-15-6-8-20(9-7-15)10-13-2-4-14(18)5-3-13/h2-5,15H,6-12H2,1H3,(H,19,21). The molecule has 0 unspecified atom stereocenters. The number of hydrogen-bond donors (Lipinski definition) is 1. The largest absolute Gasteiger partial charge is 0.379 e. The van der Waals surface area contributed by atoms with E-state index in [2.05, 4.69) is 10.2 Å². The van der Waals surface area contributed by atoms with Crippen LogP contribution in [0.3, 0.4) is 0 Å². The zero-order valence-electron chi connectivity index (χ0n) is 13.0. The number of likely N-dealkylation sites (tertiary alicyclic amines) is 1. The van der Waals surface area contributed by atoms with Crippen molar-refractivity contribution in [1.82, 2.24) is 10.2 Å². The van der Waals surface area contributed by atoms with E-state index in [0.717, 1.165) is 38.0 Å². The highest BCUT2D eigenvalue weighted by Crippen LogP contribution is 2.27. The van der Waals surface area contributed by atoms with Gasteiger partial charge in [0.1, 0.15) is 5.82 Å².